The first-order valence-electron chi connectivity index (χ1n) is 5.51. The van der Waals surface area contributed by atoms with Gasteiger partial charge in [-0.1, -0.05) is 12.1 Å². The molecule has 4 heteroatoms. The predicted octanol–water partition coefficient (Wildman–Crippen LogP) is 2.15. The Labute approximate surface area is 101 Å². The van der Waals surface area contributed by atoms with Crippen LogP contribution in [0.15, 0.2) is 43.0 Å². The second kappa shape index (κ2) is 5.30. The number of nitrogens with one attached hydrogen (secondary N) is 1. The molecule has 0 aliphatic rings. The summed E-state index contributed by atoms with van der Waals surface area (Å²) in [4.78, 5) is 9.99. The van der Waals surface area contributed by atoms with Crippen LogP contribution in [0.4, 0.5) is 11.4 Å². The van der Waals surface area contributed by atoms with Crippen LogP contribution in [0, 0.1) is 0 Å². The molecule has 0 amide bonds. The zero-order valence-electron chi connectivity index (χ0n) is 10.1. The highest BCUT2D eigenvalue weighted by Crippen LogP contribution is 2.13. The number of anilines is 2. The van der Waals surface area contributed by atoms with E-state index in [0.29, 0.717) is 0 Å². The standard InChI is InChI=1S/C13H16N4/c1-17(2)13-5-3-11(4-6-13)7-16-12-8-14-10-15-9-12/h3-6,8-10,16H,7H2,1-2H3. The van der Waals surface area contributed by atoms with Gasteiger partial charge in [0, 0.05) is 26.3 Å². The number of benzene rings is 1. The average molecular weight is 228 g/mol. The maximum atomic E-state index is 3.95. The first-order chi connectivity index (χ1) is 8.25. The summed E-state index contributed by atoms with van der Waals surface area (Å²) in [7, 11) is 4.07. The molecule has 0 spiro atoms. The van der Waals surface area contributed by atoms with E-state index in [9.17, 15) is 0 Å². The Hall–Kier alpha value is -2.10. The van der Waals surface area contributed by atoms with Crippen molar-refractivity contribution in [1.82, 2.24) is 9.97 Å². The van der Waals surface area contributed by atoms with Crippen molar-refractivity contribution in [3.8, 4) is 0 Å². The van der Waals surface area contributed by atoms with Crippen molar-refractivity contribution in [2.24, 2.45) is 0 Å². The first kappa shape index (κ1) is 11.4. The minimum atomic E-state index is 0.779. The Balaban J connectivity index is 1.96. The molecule has 17 heavy (non-hydrogen) atoms. The van der Waals surface area contributed by atoms with Crippen LogP contribution >= 0.6 is 0 Å². The maximum absolute atomic E-state index is 3.95. The molecule has 0 aliphatic heterocycles. The van der Waals surface area contributed by atoms with Gasteiger partial charge >= 0.3 is 0 Å². The average Bonchev–Trinajstić information content (AvgIpc) is 2.38. The van der Waals surface area contributed by atoms with E-state index < -0.39 is 0 Å². The summed E-state index contributed by atoms with van der Waals surface area (Å²) in [6, 6.07) is 8.45. The number of hydrogen-bond acceptors (Lipinski definition) is 4. The monoisotopic (exact) mass is 228 g/mol. The molecule has 0 unspecified atom stereocenters. The van der Waals surface area contributed by atoms with Crippen LogP contribution in [0.3, 0.4) is 0 Å². The minimum absolute atomic E-state index is 0.779. The molecule has 0 fully saturated rings. The highest BCUT2D eigenvalue weighted by molar-refractivity contribution is 5.47. The van der Waals surface area contributed by atoms with Crippen molar-refractivity contribution in [3.63, 3.8) is 0 Å². The Morgan fingerprint density at radius 2 is 1.71 bits per heavy atom. The van der Waals surface area contributed by atoms with Gasteiger partial charge in [0.05, 0.1) is 18.1 Å². The topological polar surface area (TPSA) is 41.0 Å². The van der Waals surface area contributed by atoms with Gasteiger partial charge in [0.15, 0.2) is 0 Å². The van der Waals surface area contributed by atoms with Gasteiger partial charge < -0.3 is 10.2 Å². The highest BCUT2D eigenvalue weighted by Gasteiger charge is 1.96. The van der Waals surface area contributed by atoms with Crippen molar-refractivity contribution in [1.29, 1.82) is 0 Å². The van der Waals surface area contributed by atoms with E-state index in [1.54, 1.807) is 12.4 Å². The van der Waals surface area contributed by atoms with E-state index >= 15 is 0 Å². The third-order valence-electron chi connectivity index (χ3n) is 2.51. The molecule has 1 aromatic carbocycles. The van der Waals surface area contributed by atoms with Gasteiger partial charge in [-0.2, -0.15) is 0 Å². The van der Waals surface area contributed by atoms with Crippen LogP contribution in [-0.4, -0.2) is 24.1 Å². The number of aromatic nitrogens is 2. The lowest BCUT2D eigenvalue weighted by molar-refractivity contribution is 1.09. The fourth-order valence-corrected chi connectivity index (χ4v) is 1.51. The lowest BCUT2D eigenvalue weighted by Gasteiger charge is -2.13. The Kier molecular flexibility index (Phi) is 3.55. The molecule has 88 valence electrons. The van der Waals surface area contributed by atoms with E-state index in [1.165, 1.54) is 17.6 Å². The van der Waals surface area contributed by atoms with Crippen LogP contribution in [0.5, 0.6) is 0 Å². The molecular weight excluding hydrogens is 212 g/mol. The second-order valence-corrected chi connectivity index (χ2v) is 4.04. The van der Waals surface area contributed by atoms with Gasteiger partial charge in [0.2, 0.25) is 0 Å². The van der Waals surface area contributed by atoms with Crippen LogP contribution in [0.2, 0.25) is 0 Å². The van der Waals surface area contributed by atoms with Crippen LogP contribution in [0.1, 0.15) is 5.56 Å². The van der Waals surface area contributed by atoms with Crippen LogP contribution in [-0.2, 0) is 6.54 Å². The molecule has 0 aliphatic carbocycles. The second-order valence-electron chi connectivity index (χ2n) is 4.04. The molecule has 0 atom stereocenters. The zero-order chi connectivity index (χ0) is 12.1. The summed E-state index contributed by atoms with van der Waals surface area (Å²) < 4.78 is 0. The number of nitrogens with zero attached hydrogens (tertiary/aromatic N) is 3. The van der Waals surface area contributed by atoms with Crippen LogP contribution in [0.25, 0.3) is 0 Å². The van der Waals surface area contributed by atoms with Gasteiger partial charge in [-0.15, -0.1) is 0 Å². The number of rotatable bonds is 4. The van der Waals surface area contributed by atoms with E-state index in [4.69, 9.17) is 0 Å². The number of hydrogen-bond donors (Lipinski definition) is 1. The first-order valence-corrected chi connectivity index (χ1v) is 5.51. The molecule has 0 radical (unpaired) electrons. The molecule has 1 heterocycles. The Morgan fingerprint density at radius 1 is 1.06 bits per heavy atom. The van der Waals surface area contributed by atoms with E-state index in [2.05, 4.69) is 44.5 Å². The molecule has 0 bridgehead atoms. The van der Waals surface area contributed by atoms with Gasteiger partial charge in [-0.3, -0.25) is 0 Å². The molecule has 4 nitrogen and oxygen atoms in total. The van der Waals surface area contributed by atoms with Crippen molar-refractivity contribution >= 4 is 11.4 Å². The summed E-state index contributed by atoms with van der Waals surface area (Å²) in [5.74, 6) is 0. The lowest BCUT2D eigenvalue weighted by atomic mass is 10.2. The van der Waals surface area contributed by atoms with Crippen molar-refractivity contribution in [2.45, 2.75) is 6.54 Å². The normalized spacial score (nSPS) is 10.0. The zero-order valence-corrected chi connectivity index (χ0v) is 10.1. The minimum Gasteiger partial charge on any atom is -0.378 e. The largest absolute Gasteiger partial charge is 0.378 e. The Morgan fingerprint density at radius 3 is 2.29 bits per heavy atom. The van der Waals surface area contributed by atoms with Gasteiger partial charge in [-0.05, 0) is 17.7 Å². The van der Waals surface area contributed by atoms with Crippen molar-refractivity contribution in [2.75, 3.05) is 24.3 Å². The summed E-state index contributed by atoms with van der Waals surface area (Å²) in [6.45, 7) is 0.779. The van der Waals surface area contributed by atoms with E-state index in [1.807, 2.05) is 14.1 Å². The smallest absolute Gasteiger partial charge is 0.115 e. The lowest BCUT2D eigenvalue weighted by Crippen LogP contribution is -2.08. The summed E-state index contributed by atoms with van der Waals surface area (Å²) in [5, 5.41) is 3.27. The molecule has 0 saturated carbocycles. The van der Waals surface area contributed by atoms with Gasteiger partial charge in [0.25, 0.3) is 0 Å². The van der Waals surface area contributed by atoms with Gasteiger partial charge in [0.1, 0.15) is 6.33 Å². The fraction of sp³-hybridized carbons (Fsp3) is 0.231. The predicted molar refractivity (Wildman–Crippen MR) is 70.1 cm³/mol. The summed E-state index contributed by atoms with van der Waals surface area (Å²) in [5.41, 5.74) is 3.38. The molecule has 2 rings (SSSR count). The molecular formula is C13H16N4. The molecule has 1 N–H and O–H groups in total. The molecule has 2 aromatic rings. The van der Waals surface area contributed by atoms with Crippen molar-refractivity contribution < 1.29 is 0 Å². The third kappa shape index (κ3) is 3.17. The van der Waals surface area contributed by atoms with Gasteiger partial charge in [-0.25, -0.2) is 9.97 Å². The Bertz CT molecular complexity index is 451. The van der Waals surface area contributed by atoms with Crippen LogP contribution < -0.4 is 10.2 Å². The van der Waals surface area contributed by atoms with Crippen molar-refractivity contribution in [3.05, 3.63) is 48.5 Å². The maximum Gasteiger partial charge on any atom is 0.115 e. The van der Waals surface area contributed by atoms with E-state index in [-0.39, 0.29) is 0 Å². The quantitative estimate of drug-likeness (QED) is 0.870. The molecule has 0 saturated heterocycles. The fourth-order valence-electron chi connectivity index (χ4n) is 1.51. The summed E-state index contributed by atoms with van der Waals surface area (Å²) >= 11 is 0. The summed E-state index contributed by atoms with van der Waals surface area (Å²) in [6.07, 6.45) is 5.05. The SMILES string of the molecule is CN(C)c1ccc(CNc2cncnc2)cc1. The third-order valence-corrected chi connectivity index (χ3v) is 2.51. The highest BCUT2D eigenvalue weighted by atomic mass is 15.1. The van der Waals surface area contributed by atoms with E-state index in [0.717, 1.165) is 12.2 Å². The molecule has 1 aromatic heterocycles.